The van der Waals surface area contributed by atoms with Crippen LogP contribution < -0.4 is 29.6 Å². The van der Waals surface area contributed by atoms with Crippen molar-refractivity contribution in [2.24, 2.45) is 0 Å². The summed E-state index contributed by atoms with van der Waals surface area (Å²) in [5.41, 5.74) is 2.50. The van der Waals surface area contributed by atoms with E-state index in [1.54, 1.807) is 26.4 Å². The first-order chi connectivity index (χ1) is 16.0. The maximum Gasteiger partial charge on any atom is 0.224 e. The predicted molar refractivity (Wildman–Crippen MR) is 124 cm³/mol. The molecule has 0 aromatic heterocycles. The van der Waals surface area contributed by atoms with E-state index in [1.807, 2.05) is 18.2 Å². The van der Waals surface area contributed by atoms with Crippen molar-refractivity contribution in [1.82, 2.24) is 5.32 Å². The van der Waals surface area contributed by atoms with E-state index < -0.39 is 6.10 Å². The molecule has 0 aliphatic carbocycles. The Labute approximate surface area is 193 Å². The van der Waals surface area contributed by atoms with Gasteiger partial charge in [0.1, 0.15) is 30.8 Å². The van der Waals surface area contributed by atoms with Crippen LogP contribution in [-0.4, -0.2) is 69.4 Å². The van der Waals surface area contributed by atoms with Crippen LogP contribution in [0.5, 0.6) is 23.0 Å². The van der Waals surface area contributed by atoms with Gasteiger partial charge in [0.05, 0.1) is 26.5 Å². The number of aliphatic hydroxyl groups is 2. The molecule has 33 heavy (non-hydrogen) atoms. The number of anilines is 1. The molecule has 3 rings (SSSR count). The lowest BCUT2D eigenvalue weighted by Gasteiger charge is -2.23. The number of methoxy groups -OCH3 is 2. The molecule has 1 unspecified atom stereocenters. The van der Waals surface area contributed by atoms with Crippen LogP contribution in [0.3, 0.4) is 0 Å². The molecule has 0 radical (unpaired) electrons. The molecule has 0 bridgehead atoms. The average Bonchev–Trinajstić information content (AvgIpc) is 2.84. The minimum absolute atomic E-state index is 0.0905. The fourth-order valence-electron chi connectivity index (χ4n) is 3.63. The maximum atomic E-state index is 11.8. The van der Waals surface area contributed by atoms with Crippen molar-refractivity contribution < 1.29 is 34.0 Å². The summed E-state index contributed by atoms with van der Waals surface area (Å²) in [6, 6.07) is 9.26. The highest BCUT2D eigenvalue weighted by molar-refractivity contribution is 5.96. The summed E-state index contributed by atoms with van der Waals surface area (Å²) >= 11 is 0. The van der Waals surface area contributed by atoms with Crippen LogP contribution in [0.2, 0.25) is 0 Å². The van der Waals surface area contributed by atoms with E-state index in [1.165, 1.54) is 0 Å². The Kier molecular flexibility index (Phi) is 9.17. The number of aliphatic hydroxyl groups excluding tert-OH is 2. The number of nitrogens with one attached hydrogen (secondary N) is 2. The SMILES string of the molecule is COc1ccc(CCNCC(O)COc2ccc(OCCO)c3c2CCC(=O)N3)cc1OC. The number of carbonyl (C=O) groups is 1. The first kappa shape index (κ1) is 24.6. The molecule has 2 aromatic rings. The van der Waals surface area contributed by atoms with Gasteiger partial charge in [-0.2, -0.15) is 0 Å². The van der Waals surface area contributed by atoms with Gasteiger partial charge in [-0.05, 0) is 49.2 Å². The topological polar surface area (TPSA) is 119 Å². The Morgan fingerprint density at radius 1 is 1.03 bits per heavy atom. The number of hydrogen-bond donors (Lipinski definition) is 4. The van der Waals surface area contributed by atoms with Gasteiger partial charge in [0, 0.05) is 18.5 Å². The largest absolute Gasteiger partial charge is 0.493 e. The number of rotatable bonds is 13. The zero-order valence-electron chi connectivity index (χ0n) is 19.1. The van der Waals surface area contributed by atoms with E-state index in [-0.39, 0.29) is 25.7 Å². The van der Waals surface area contributed by atoms with Gasteiger partial charge in [0.2, 0.25) is 5.91 Å². The van der Waals surface area contributed by atoms with Crippen molar-refractivity contribution in [3.63, 3.8) is 0 Å². The van der Waals surface area contributed by atoms with Crippen molar-refractivity contribution in [2.45, 2.75) is 25.4 Å². The van der Waals surface area contributed by atoms with Crippen LogP contribution in [-0.2, 0) is 17.6 Å². The zero-order valence-corrected chi connectivity index (χ0v) is 19.1. The lowest BCUT2D eigenvalue weighted by Crippen LogP contribution is -2.32. The summed E-state index contributed by atoms with van der Waals surface area (Å²) in [7, 11) is 3.21. The summed E-state index contributed by atoms with van der Waals surface area (Å²) in [4.78, 5) is 11.8. The van der Waals surface area contributed by atoms with Gasteiger partial charge in [-0.1, -0.05) is 6.07 Å². The lowest BCUT2D eigenvalue weighted by molar-refractivity contribution is -0.116. The van der Waals surface area contributed by atoms with Crippen LogP contribution in [0.15, 0.2) is 30.3 Å². The van der Waals surface area contributed by atoms with Crippen molar-refractivity contribution in [3.8, 4) is 23.0 Å². The molecule has 9 heteroatoms. The number of hydrogen-bond acceptors (Lipinski definition) is 8. The second kappa shape index (κ2) is 12.3. The molecule has 1 heterocycles. The first-order valence-electron chi connectivity index (χ1n) is 11.0. The Hall–Kier alpha value is -3.01. The van der Waals surface area contributed by atoms with Crippen molar-refractivity contribution in [2.75, 3.05) is 52.4 Å². The van der Waals surface area contributed by atoms with Crippen molar-refractivity contribution in [3.05, 3.63) is 41.5 Å². The minimum atomic E-state index is -0.699. The molecule has 1 aliphatic rings. The number of carbonyl (C=O) groups excluding carboxylic acids is 1. The molecule has 0 spiro atoms. The van der Waals surface area contributed by atoms with E-state index in [4.69, 9.17) is 24.1 Å². The fourth-order valence-corrected chi connectivity index (χ4v) is 3.63. The van der Waals surface area contributed by atoms with Crippen LogP contribution in [0, 0.1) is 0 Å². The predicted octanol–water partition coefficient (Wildman–Crippen LogP) is 1.53. The maximum absolute atomic E-state index is 11.8. The van der Waals surface area contributed by atoms with Gasteiger partial charge < -0.3 is 39.8 Å². The van der Waals surface area contributed by atoms with E-state index in [0.29, 0.717) is 54.6 Å². The molecule has 1 amide bonds. The Balaban J connectivity index is 1.48. The summed E-state index contributed by atoms with van der Waals surface area (Å²) < 4.78 is 21.9. The van der Waals surface area contributed by atoms with Gasteiger partial charge in [0.25, 0.3) is 0 Å². The molecule has 0 fully saturated rings. The third-order valence-corrected chi connectivity index (χ3v) is 5.30. The minimum Gasteiger partial charge on any atom is -0.493 e. The van der Waals surface area contributed by atoms with Gasteiger partial charge in [-0.15, -0.1) is 0 Å². The second-order valence-corrected chi connectivity index (χ2v) is 7.64. The highest BCUT2D eigenvalue weighted by Gasteiger charge is 2.23. The van der Waals surface area contributed by atoms with Gasteiger partial charge in [0.15, 0.2) is 11.5 Å². The molecule has 9 nitrogen and oxygen atoms in total. The molecule has 0 saturated carbocycles. The summed E-state index contributed by atoms with van der Waals surface area (Å²) in [6.07, 6.45) is 0.949. The van der Waals surface area contributed by atoms with Crippen LogP contribution in [0.1, 0.15) is 17.5 Å². The van der Waals surface area contributed by atoms with E-state index in [0.717, 1.165) is 17.5 Å². The molecule has 1 aliphatic heterocycles. The summed E-state index contributed by atoms with van der Waals surface area (Å²) in [5, 5.41) is 25.4. The average molecular weight is 461 g/mol. The summed E-state index contributed by atoms with van der Waals surface area (Å²) in [6.45, 7) is 1.19. The molecule has 1 atom stereocenters. The molecule has 2 aromatic carbocycles. The third kappa shape index (κ3) is 6.74. The molecular weight excluding hydrogens is 428 g/mol. The van der Waals surface area contributed by atoms with Crippen LogP contribution in [0.4, 0.5) is 5.69 Å². The number of ether oxygens (including phenoxy) is 4. The number of fused-ring (bicyclic) bond motifs is 1. The fraction of sp³-hybridized carbons (Fsp3) is 0.458. The molecule has 4 N–H and O–H groups in total. The van der Waals surface area contributed by atoms with Gasteiger partial charge in [-0.3, -0.25) is 4.79 Å². The summed E-state index contributed by atoms with van der Waals surface area (Å²) in [5.74, 6) is 2.39. The van der Waals surface area contributed by atoms with Gasteiger partial charge >= 0.3 is 0 Å². The normalized spacial score (nSPS) is 13.6. The van der Waals surface area contributed by atoms with Crippen LogP contribution in [0.25, 0.3) is 0 Å². The van der Waals surface area contributed by atoms with Crippen molar-refractivity contribution in [1.29, 1.82) is 0 Å². The molecule has 0 saturated heterocycles. The lowest BCUT2D eigenvalue weighted by atomic mass is 10.0. The Bertz CT molecular complexity index is 935. The van der Waals surface area contributed by atoms with E-state index in [9.17, 15) is 9.90 Å². The smallest absolute Gasteiger partial charge is 0.224 e. The monoisotopic (exact) mass is 460 g/mol. The highest BCUT2D eigenvalue weighted by Crippen LogP contribution is 2.39. The Morgan fingerprint density at radius 2 is 1.79 bits per heavy atom. The standard InChI is InChI=1S/C24H32N2O7/c1-30-20-5-3-16(13-22(20)31-2)9-10-25-14-17(28)15-33-19-6-7-21(32-12-11-27)24-18(19)4-8-23(29)26-24/h3,5-7,13,17,25,27-28H,4,8-12,14-15H2,1-2H3,(H,26,29). The molecule has 180 valence electrons. The van der Waals surface area contributed by atoms with E-state index in [2.05, 4.69) is 10.6 Å². The quantitative estimate of drug-likeness (QED) is 0.333. The van der Waals surface area contributed by atoms with E-state index >= 15 is 0 Å². The number of benzene rings is 2. The zero-order chi connectivity index (χ0) is 23.6. The third-order valence-electron chi connectivity index (χ3n) is 5.30. The first-order valence-corrected chi connectivity index (χ1v) is 11.0. The Morgan fingerprint density at radius 3 is 2.55 bits per heavy atom. The van der Waals surface area contributed by atoms with Crippen molar-refractivity contribution >= 4 is 11.6 Å². The second-order valence-electron chi connectivity index (χ2n) is 7.64. The molecular formula is C24H32N2O7. The highest BCUT2D eigenvalue weighted by atomic mass is 16.5. The van der Waals surface area contributed by atoms with Crippen LogP contribution >= 0.6 is 0 Å². The van der Waals surface area contributed by atoms with Gasteiger partial charge in [-0.25, -0.2) is 0 Å². The number of amides is 1.